The molecule has 0 fully saturated rings. The zero-order valence-corrected chi connectivity index (χ0v) is 54.7. The van der Waals surface area contributed by atoms with Gasteiger partial charge in [-0.3, -0.25) is 0 Å². The molecule has 0 radical (unpaired) electrons. The Kier molecular flexibility index (Phi) is 39.3. The fourth-order valence-electron chi connectivity index (χ4n) is 11.9. The summed E-state index contributed by atoms with van der Waals surface area (Å²) >= 11 is 2.02. The molecule has 1 heterocycles. The molecular formula is C69H124N2NiSi2. The van der Waals surface area contributed by atoms with E-state index in [4.69, 9.17) is 0 Å². The summed E-state index contributed by atoms with van der Waals surface area (Å²) in [5.41, 5.74) is 26.4. The van der Waals surface area contributed by atoms with Crippen molar-refractivity contribution in [1.82, 2.24) is 0 Å². The van der Waals surface area contributed by atoms with Gasteiger partial charge in [-0.15, -0.1) is 0 Å². The molecule has 0 atom stereocenters. The second-order valence-electron chi connectivity index (χ2n) is 23.4. The van der Waals surface area contributed by atoms with Crippen LogP contribution in [0.5, 0.6) is 0 Å². The van der Waals surface area contributed by atoms with Crippen LogP contribution >= 0.6 is 0 Å². The van der Waals surface area contributed by atoms with E-state index in [2.05, 4.69) is 119 Å². The Balaban J connectivity index is 0.000000749. The molecule has 0 aliphatic carbocycles. The van der Waals surface area contributed by atoms with Crippen LogP contribution in [0, 0.1) is 0 Å². The zero-order chi connectivity index (χ0) is 54.3. The Hall–Kier alpha value is -1.55. The molecule has 0 unspecified atom stereocenters. The molecule has 0 bridgehead atoms. The molecule has 2 aromatic carbocycles. The van der Waals surface area contributed by atoms with Gasteiger partial charge in [-0.1, -0.05) is 163 Å². The number of aryl methyl sites for hydroxylation is 2. The molecule has 428 valence electrons. The first-order valence-electron chi connectivity index (χ1n) is 32.7. The van der Waals surface area contributed by atoms with Crippen molar-refractivity contribution in [2.75, 3.05) is 0 Å². The van der Waals surface area contributed by atoms with E-state index in [1.54, 1.807) is 4.70 Å². The van der Waals surface area contributed by atoms with Gasteiger partial charge in [-0.2, -0.15) is 0 Å². The predicted molar refractivity (Wildman–Crippen MR) is 337 cm³/mol. The maximum atomic E-state index is 12.8. The molecule has 2 aromatic rings. The van der Waals surface area contributed by atoms with Gasteiger partial charge in [-0.05, 0) is 110 Å². The van der Waals surface area contributed by atoms with Crippen LogP contribution in [-0.4, -0.2) is 20.8 Å². The topological polar surface area (TPSA) is 25.3 Å². The normalized spacial score (nSPS) is 13.2. The van der Waals surface area contributed by atoms with Crippen molar-refractivity contribution in [3.05, 3.63) is 86.5 Å². The minimum absolute atomic E-state index is 1.04. The second-order valence-corrected chi connectivity index (χ2v) is 35.8. The van der Waals surface area contributed by atoms with Crippen molar-refractivity contribution in [3.8, 4) is 0 Å². The number of hydrogen-bond acceptors (Lipinski definition) is 0. The van der Waals surface area contributed by atoms with Crippen molar-refractivity contribution < 1.29 is 19.1 Å². The summed E-state index contributed by atoms with van der Waals surface area (Å²) < 4.78 is 1.72. The third-order valence-corrected chi connectivity index (χ3v) is 30.5. The van der Waals surface area contributed by atoms with E-state index in [1.165, 1.54) is 277 Å². The van der Waals surface area contributed by atoms with Crippen molar-refractivity contribution >= 4 is 27.5 Å². The number of rotatable bonds is 45. The minimum atomic E-state index is -1.39. The molecule has 1 aliphatic heterocycles. The third-order valence-electron chi connectivity index (χ3n) is 17.8. The summed E-state index contributed by atoms with van der Waals surface area (Å²) in [5, 5.41) is 2.86. The summed E-state index contributed by atoms with van der Waals surface area (Å²) in [7, 11) is -2.79. The SMILES string of the molecule is CCCCCCC1=C(c2cc(CCCC)cc(C[Si](CC)(CC)CC)c2)[N+](=[N-])C(c2cc(CCCC)cc(C[Si](CC)(CC)CC)c2)=C1CCCCC.CCCCCCCCC[CH2][Ni][CH2]CCCCCCCCC. The van der Waals surface area contributed by atoms with Crippen LogP contribution in [-0.2, 0) is 39.4 Å². The summed E-state index contributed by atoms with van der Waals surface area (Å²) in [5.74, 6) is 0. The molecule has 3 rings (SSSR count). The van der Waals surface area contributed by atoms with Gasteiger partial charge in [0.15, 0.2) is 0 Å². The van der Waals surface area contributed by atoms with Crippen molar-refractivity contribution in [2.45, 2.75) is 341 Å². The van der Waals surface area contributed by atoms with Gasteiger partial charge >= 0.3 is 142 Å². The van der Waals surface area contributed by atoms with E-state index in [-0.39, 0.29) is 0 Å². The van der Waals surface area contributed by atoms with Gasteiger partial charge in [0, 0.05) is 22.3 Å². The monoisotopic (exact) mass is 1090 g/mol. The average molecular weight is 1100 g/mol. The molecule has 2 nitrogen and oxygen atoms in total. The first kappa shape index (κ1) is 68.6. The van der Waals surface area contributed by atoms with Gasteiger partial charge in [0.2, 0.25) is 11.4 Å². The van der Waals surface area contributed by atoms with Crippen LogP contribution in [0.3, 0.4) is 0 Å². The van der Waals surface area contributed by atoms with Crippen LogP contribution in [0.4, 0.5) is 0 Å². The summed E-state index contributed by atoms with van der Waals surface area (Å²) in [6.45, 7) is 28.5. The third kappa shape index (κ3) is 25.5. The Labute approximate surface area is 471 Å². The number of unbranched alkanes of at least 4 members (excludes halogenated alkanes) is 21. The summed E-state index contributed by atoms with van der Waals surface area (Å²) in [6, 6.07) is 25.6. The number of nitrogens with zero attached hydrogens (tertiary/aromatic N) is 2. The molecule has 1 aliphatic rings. The number of allylic oxidation sites excluding steroid dienone is 2. The van der Waals surface area contributed by atoms with E-state index in [1.807, 2.05) is 14.4 Å². The second kappa shape index (κ2) is 42.4. The first-order chi connectivity index (χ1) is 36.1. The molecule has 0 aromatic heterocycles. The van der Waals surface area contributed by atoms with Crippen molar-refractivity contribution in [1.29, 1.82) is 0 Å². The van der Waals surface area contributed by atoms with Crippen LogP contribution < -0.4 is 0 Å². The van der Waals surface area contributed by atoms with Gasteiger partial charge in [0.1, 0.15) is 0 Å². The Morgan fingerprint density at radius 1 is 0.324 bits per heavy atom. The number of hydrogen-bond donors (Lipinski definition) is 0. The Morgan fingerprint density at radius 3 is 0.946 bits per heavy atom. The van der Waals surface area contributed by atoms with E-state index >= 15 is 0 Å². The van der Waals surface area contributed by atoms with Gasteiger partial charge in [0.25, 0.3) is 0 Å². The summed E-state index contributed by atoms with van der Waals surface area (Å²) in [6.07, 6.45) is 41.0. The maximum absolute atomic E-state index is 12.8. The molecule has 0 N–H and O–H groups in total. The average Bonchev–Trinajstić information content (AvgIpc) is 3.70. The molecule has 0 saturated carbocycles. The van der Waals surface area contributed by atoms with Crippen LogP contribution in [0.25, 0.3) is 16.9 Å². The van der Waals surface area contributed by atoms with E-state index < -0.39 is 16.1 Å². The van der Waals surface area contributed by atoms with E-state index in [0.717, 1.165) is 37.1 Å². The Morgan fingerprint density at radius 2 is 0.608 bits per heavy atom. The molecule has 74 heavy (non-hydrogen) atoms. The fraction of sp³-hybridized carbons (Fsp3) is 0.768. The van der Waals surface area contributed by atoms with E-state index in [0.29, 0.717) is 0 Å². The Bertz CT molecular complexity index is 1780. The zero-order valence-electron chi connectivity index (χ0n) is 51.7. The molecule has 0 spiro atoms. The quantitative estimate of drug-likeness (QED) is 0.0359. The van der Waals surface area contributed by atoms with Crippen molar-refractivity contribution in [2.24, 2.45) is 0 Å². The molecular weight excluding hydrogens is 972 g/mol. The first-order valence-corrected chi connectivity index (χ1v) is 39.8. The van der Waals surface area contributed by atoms with Crippen LogP contribution in [0.2, 0.25) is 47.0 Å². The van der Waals surface area contributed by atoms with Crippen LogP contribution in [0.1, 0.15) is 303 Å². The predicted octanol–water partition coefficient (Wildman–Crippen LogP) is 24.5. The van der Waals surface area contributed by atoms with Crippen molar-refractivity contribution in [3.63, 3.8) is 0 Å². The summed E-state index contributed by atoms with van der Waals surface area (Å²) in [4.78, 5) is 0. The molecule has 0 amide bonds. The van der Waals surface area contributed by atoms with Gasteiger partial charge < -0.3 is 5.53 Å². The molecule has 5 heteroatoms. The number of benzene rings is 2. The van der Waals surface area contributed by atoms with E-state index in [9.17, 15) is 5.53 Å². The standard InChI is InChI=1S/C49H82N2Si2.2C10H21.Ni/c1-11-21-25-27-31-47-46(30-26-22-12-2)48(44-34-40(28-23-13-3)32-42(36-44)38-52(15-5,16-6)17-7)51(50)49(47)45-35-41(29-24-14-4)33-43(37-45)39-53(18-8,19-9)20-10;2*1-3-5-7-9-10-8-6-4-2;/h32-37H,11-31,38-39H2,1-10H3;2*1,3-10H2,2H3;. The van der Waals surface area contributed by atoms with Gasteiger partial charge in [0.05, 0.1) is 16.1 Å². The fourth-order valence-corrected chi connectivity index (χ4v) is 19.8. The van der Waals surface area contributed by atoms with Gasteiger partial charge in [-0.25, -0.2) is 4.70 Å². The van der Waals surface area contributed by atoms with Crippen LogP contribution in [0.15, 0.2) is 47.5 Å². The molecule has 0 saturated heterocycles.